The van der Waals surface area contributed by atoms with Crippen molar-refractivity contribution in [2.45, 2.75) is 6.10 Å². The van der Waals surface area contributed by atoms with Gasteiger partial charge in [-0.05, 0) is 18.2 Å². The number of fused-ring (bicyclic) bond motifs is 1. The average molecular weight is 289 g/mol. The molecular weight excluding hydrogens is 274 g/mol. The minimum atomic E-state index is -0.419. The number of pyridine rings is 1. The lowest BCUT2D eigenvalue weighted by Crippen LogP contribution is -2.34. The van der Waals surface area contributed by atoms with Gasteiger partial charge in [-0.25, -0.2) is 4.98 Å². The molecule has 0 bridgehead atoms. The van der Waals surface area contributed by atoms with E-state index < -0.39 is 4.92 Å². The highest BCUT2D eigenvalue weighted by atomic mass is 16.6. The standard InChI is InChI=1S/C14H15N3O4/c18-17(19)13-4-3-12(11-2-1-5-15-14(11)13)16-8-10-9-20-6-7-21-10/h1-5,10,16H,6-9H2. The molecule has 1 aliphatic rings. The van der Waals surface area contributed by atoms with E-state index >= 15 is 0 Å². The normalized spacial score (nSPS) is 18.6. The smallest absolute Gasteiger partial charge is 0.295 e. The van der Waals surface area contributed by atoms with E-state index in [0.29, 0.717) is 31.9 Å². The van der Waals surface area contributed by atoms with Gasteiger partial charge in [-0.15, -0.1) is 0 Å². The van der Waals surface area contributed by atoms with Crippen LogP contribution in [0.15, 0.2) is 30.5 Å². The van der Waals surface area contributed by atoms with Crippen LogP contribution in [0.2, 0.25) is 0 Å². The summed E-state index contributed by atoms with van der Waals surface area (Å²) in [5.41, 5.74) is 1.19. The predicted molar refractivity (Wildman–Crippen MR) is 77.4 cm³/mol. The molecule has 1 fully saturated rings. The van der Waals surface area contributed by atoms with E-state index in [0.717, 1.165) is 11.1 Å². The molecule has 1 aliphatic heterocycles. The zero-order valence-electron chi connectivity index (χ0n) is 11.3. The molecule has 110 valence electrons. The topological polar surface area (TPSA) is 86.5 Å². The van der Waals surface area contributed by atoms with Gasteiger partial charge in [0.15, 0.2) is 0 Å². The van der Waals surface area contributed by atoms with Crippen LogP contribution in [0.3, 0.4) is 0 Å². The molecule has 1 atom stereocenters. The SMILES string of the molecule is O=[N+]([O-])c1ccc(NCC2COCCO2)c2cccnc12. The summed E-state index contributed by atoms with van der Waals surface area (Å²) < 4.78 is 10.9. The maximum absolute atomic E-state index is 11.0. The lowest BCUT2D eigenvalue weighted by molar-refractivity contribution is -0.383. The Morgan fingerprint density at radius 2 is 2.29 bits per heavy atom. The maximum atomic E-state index is 11.0. The van der Waals surface area contributed by atoms with E-state index in [1.54, 1.807) is 18.3 Å². The van der Waals surface area contributed by atoms with Crippen molar-refractivity contribution in [1.82, 2.24) is 4.98 Å². The third-order valence-electron chi connectivity index (χ3n) is 3.35. The van der Waals surface area contributed by atoms with Crippen LogP contribution in [-0.2, 0) is 9.47 Å². The Morgan fingerprint density at radius 3 is 3.05 bits per heavy atom. The van der Waals surface area contributed by atoms with Gasteiger partial charge in [0.2, 0.25) is 0 Å². The van der Waals surface area contributed by atoms with Gasteiger partial charge < -0.3 is 14.8 Å². The van der Waals surface area contributed by atoms with Gasteiger partial charge in [0.05, 0.1) is 30.8 Å². The summed E-state index contributed by atoms with van der Waals surface area (Å²) in [5.74, 6) is 0. The molecule has 0 amide bonds. The fraction of sp³-hybridized carbons (Fsp3) is 0.357. The second-order valence-corrected chi connectivity index (χ2v) is 4.74. The first-order valence-corrected chi connectivity index (χ1v) is 6.71. The van der Waals surface area contributed by atoms with Crippen molar-refractivity contribution in [2.24, 2.45) is 0 Å². The molecule has 0 spiro atoms. The molecule has 7 nitrogen and oxygen atoms in total. The van der Waals surface area contributed by atoms with Crippen LogP contribution in [-0.4, -0.2) is 42.4 Å². The number of hydrogen-bond donors (Lipinski definition) is 1. The van der Waals surface area contributed by atoms with E-state index in [1.165, 1.54) is 6.07 Å². The summed E-state index contributed by atoms with van der Waals surface area (Å²) in [6.45, 7) is 2.35. The Morgan fingerprint density at radius 1 is 1.38 bits per heavy atom. The van der Waals surface area contributed by atoms with Gasteiger partial charge in [0.1, 0.15) is 5.52 Å². The average Bonchev–Trinajstić information content (AvgIpc) is 2.53. The third-order valence-corrected chi connectivity index (χ3v) is 3.35. The molecule has 0 saturated carbocycles. The molecule has 3 rings (SSSR count). The lowest BCUT2D eigenvalue weighted by Gasteiger charge is -2.23. The molecule has 1 unspecified atom stereocenters. The first-order valence-electron chi connectivity index (χ1n) is 6.71. The van der Waals surface area contributed by atoms with Crippen molar-refractivity contribution < 1.29 is 14.4 Å². The predicted octanol–water partition coefficient (Wildman–Crippen LogP) is 1.97. The lowest BCUT2D eigenvalue weighted by atomic mass is 10.1. The van der Waals surface area contributed by atoms with E-state index in [1.807, 2.05) is 6.07 Å². The number of ether oxygens (including phenoxy) is 2. The Kier molecular flexibility index (Phi) is 3.94. The minimum Gasteiger partial charge on any atom is -0.382 e. The number of rotatable bonds is 4. The van der Waals surface area contributed by atoms with Crippen LogP contribution >= 0.6 is 0 Å². The molecule has 1 N–H and O–H groups in total. The third kappa shape index (κ3) is 2.93. The van der Waals surface area contributed by atoms with Gasteiger partial charge >= 0.3 is 0 Å². The number of nitrogens with one attached hydrogen (secondary N) is 1. The largest absolute Gasteiger partial charge is 0.382 e. The first kappa shape index (κ1) is 13.7. The number of hydrogen-bond acceptors (Lipinski definition) is 6. The van der Waals surface area contributed by atoms with Crippen molar-refractivity contribution in [3.05, 3.63) is 40.6 Å². The highest BCUT2D eigenvalue weighted by Crippen LogP contribution is 2.29. The van der Waals surface area contributed by atoms with Crippen LogP contribution in [0, 0.1) is 10.1 Å². The quantitative estimate of drug-likeness (QED) is 0.684. The molecule has 7 heteroatoms. The molecule has 0 aliphatic carbocycles. The van der Waals surface area contributed by atoms with Crippen LogP contribution in [0.1, 0.15) is 0 Å². The van der Waals surface area contributed by atoms with Crippen LogP contribution in [0.5, 0.6) is 0 Å². The van der Waals surface area contributed by atoms with E-state index in [4.69, 9.17) is 9.47 Å². The number of aromatic nitrogens is 1. The number of non-ortho nitro benzene ring substituents is 1. The van der Waals surface area contributed by atoms with Gasteiger partial charge in [-0.1, -0.05) is 0 Å². The minimum absolute atomic E-state index is 0.00778. The van der Waals surface area contributed by atoms with Crippen LogP contribution in [0.4, 0.5) is 11.4 Å². The number of nitro groups is 1. The highest BCUT2D eigenvalue weighted by molar-refractivity contribution is 5.96. The monoisotopic (exact) mass is 289 g/mol. The van der Waals surface area contributed by atoms with Crippen LogP contribution in [0.25, 0.3) is 10.9 Å². The van der Waals surface area contributed by atoms with E-state index in [9.17, 15) is 10.1 Å². The summed E-state index contributed by atoms with van der Waals surface area (Å²) in [6, 6.07) is 6.75. The summed E-state index contributed by atoms with van der Waals surface area (Å²) in [4.78, 5) is 14.7. The summed E-state index contributed by atoms with van der Waals surface area (Å²) in [6.07, 6.45) is 1.54. The van der Waals surface area contributed by atoms with Gasteiger partial charge in [-0.2, -0.15) is 0 Å². The second kappa shape index (κ2) is 6.02. The summed E-state index contributed by atoms with van der Waals surface area (Å²) in [7, 11) is 0. The number of benzene rings is 1. The van der Waals surface area contributed by atoms with Gasteiger partial charge in [0, 0.05) is 29.9 Å². The molecule has 1 saturated heterocycles. The molecule has 1 aromatic carbocycles. The van der Waals surface area contributed by atoms with Crippen molar-refractivity contribution in [1.29, 1.82) is 0 Å². The first-order chi connectivity index (χ1) is 10.3. The summed E-state index contributed by atoms with van der Waals surface area (Å²) in [5, 5.41) is 15.0. The molecule has 0 radical (unpaired) electrons. The van der Waals surface area contributed by atoms with Crippen molar-refractivity contribution in [2.75, 3.05) is 31.7 Å². The molecule has 2 aromatic rings. The number of anilines is 1. The van der Waals surface area contributed by atoms with Gasteiger partial charge in [-0.3, -0.25) is 10.1 Å². The maximum Gasteiger partial charge on any atom is 0.295 e. The zero-order chi connectivity index (χ0) is 14.7. The van der Waals surface area contributed by atoms with Gasteiger partial charge in [0.25, 0.3) is 5.69 Å². The van der Waals surface area contributed by atoms with E-state index in [-0.39, 0.29) is 11.8 Å². The Labute approximate surface area is 121 Å². The van der Waals surface area contributed by atoms with Crippen molar-refractivity contribution >= 4 is 22.3 Å². The Hall–Kier alpha value is -2.25. The Bertz CT molecular complexity index is 656. The molecular formula is C14H15N3O4. The second-order valence-electron chi connectivity index (χ2n) is 4.74. The van der Waals surface area contributed by atoms with E-state index in [2.05, 4.69) is 10.3 Å². The molecule has 1 aromatic heterocycles. The Balaban J connectivity index is 1.85. The zero-order valence-corrected chi connectivity index (χ0v) is 11.3. The molecule has 2 heterocycles. The fourth-order valence-corrected chi connectivity index (χ4v) is 2.34. The fourth-order valence-electron chi connectivity index (χ4n) is 2.34. The van der Waals surface area contributed by atoms with Crippen molar-refractivity contribution in [3.8, 4) is 0 Å². The molecule has 21 heavy (non-hydrogen) atoms. The highest BCUT2D eigenvalue weighted by Gasteiger charge is 2.17. The number of nitrogens with zero attached hydrogens (tertiary/aromatic N) is 2. The van der Waals surface area contributed by atoms with Crippen LogP contribution < -0.4 is 5.32 Å². The number of nitro benzene ring substituents is 1. The summed E-state index contributed by atoms with van der Waals surface area (Å²) >= 11 is 0. The van der Waals surface area contributed by atoms with Crippen molar-refractivity contribution in [3.63, 3.8) is 0 Å².